The lowest BCUT2D eigenvalue weighted by atomic mass is 10.1. The fourth-order valence-corrected chi connectivity index (χ4v) is 1.82. The van der Waals surface area contributed by atoms with Gasteiger partial charge in [-0.25, -0.2) is 4.79 Å². The molecular formula is C16H14O4. The van der Waals surface area contributed by atoms with Crippen LogP contribution >= 0.6 is 0 Å². The van der Waals surface area contributed by atoms with Gasteiger partial charge >= 0.3 is 5.97 Å². The second-order valence-electron chi connectivity index (χ2n) is 4.09. The van der Waals surface area contributed by atoms with Gasteiger partial charge in [-0.15, -0.1) is 0 Å². The second-order valence-corrected chi connectivity index (χ2v) is 4.09. The largest absolute Gasteiger partial charge is 0.488 e. The molecule has 0 atom stereocenters. The van der Waals surface area contributed by atoms with Gasteiger partial charge in [0.2, 0.25) is 0 Å². The van der Waals surface area contributed by atoms with Crippen molar-refractivity contribution in [1.82, 2.24) is 0 Å². The number of carbonyl (C=O) groups is 2. The van der Waals surface area contributed by atoms with Crippen molar-refractivity contribution >= 4 is 12.3 Å². The molecule has 0 N–H and O–H groups in total. The van der Waals surface area contributed by atoms with Gasteiger partial charge in [0, 0.05) is 5.56 Å². The summed E-state index contributed by atoms with van der Waals surface area (Å²) in [5, 5.41) is 0. The fourth-order valence-electron chi connectivity index (χ4n) is 1.82. The highest BCUT2D eigenvalue weighted by Crippen LogP contribution is 2.19. The zero-order valence-corrected chi connectivity index (χ0v) is 11.0. The molecule has 0 aliphatic heterocycles. The van der Waals surface area contributed by atoms with E-state index in [0.717, 1.165) is 6.29 Å². The van der Waals surface area contributed by atoms with Gasteiger partial charge in [-0.3, -0.25) is 4.79 Å². The molecule has 0 aromatic heterocycles. The van der Waals surface area contributed by atoms with Crippen LogP contribution in [0.3, 0.4) is 0 Å². The van der Waals surface area contributed by atoms with Crippen LogP contribution in [0.1, 0.15) is 26.3 Å². The Hall–Kier alpha value is -2.62. The first-order valence-electron chi connectivity index (χ1n) is 6.09. The van der Waals surface area contributed by atoms with E-state index in [1.807, 2.05) is 6.07 Å². The number of esters is 1. The van der Waals surface area contributed by atoms with Crippen LogP contribution in [0.25, 0.3) is 0 Å². The third-order valence-electron chi connectivity index (χ3n) is 2.85. The van der Waals surface area contributed by atoms with Gasteiger partial charge in [0.25, 0.3) is 0 Å². The van der Waals surface area contributed by atoms with Crippen molar-refractivity contribution < 1.29 is 19.1 Å². The van der Waals surface area contributed by atoms with E-state index in [9.17, 15) is 9.59 Å². The zero-order valence-electron chi connectivity index (χ0n) is 11.0. The fraction of sp³-hybridized carbons (Fsp3) is 0.125. The van der Waals surface area contributed by atoms with Crippen molar-refractivity contribution in [2.24, 2.45) is 0 Å². The summed E-state index contributed by atoms with van der Waals surface area (Å²) in [7, 11) is 1.33. The molecule has 0 amide bonds. The van der Waals surface area contributed by atoms with Crippen LogP contribution in [0.5, 0.6) is 5.75 Å². The molecule has 0 spiro atoms. The average Bonchev–Trinajstić information content (AvgIpc) is 2.52. The van der Waals surface area contributed by atoms with Gasteiger partial charge in [0.05, 0.1) is 18.2 Å². The minimum atomic E-state index is -0.409. The summed E-state index contributed by atoms with van der Waals surface area (Å²) in [6.07, 6.45) is 0.738. The number of hydrogen-bond acceptors (Lipinski definition) is 4. The Morgan fingerprint density at radius 1 is 1.10 bits per heavy atom. The Bertz CT molecular complexity index is 619. The Labute approximate surface area is 116 Å². The van der Waals surface area contributed by atoms with Crippen LogP contribution in [-0.4, -0.2) is 19.4 Å². The Morgan fingerprint density at radius 2 is 1.80 bits per heavy atom. The average molecular weight is 270 g/mol. The molecule has 0 saturated carbocycles. The number of para-hydroxylation sites is 1. The number of aldehydes is 1. The maximum Gasteiger partial charge on any atom is 0.338 e. The standard InChI is InChI=1S/C16H14O4/c1-19-16(18)14-8-4-2-7-13(14)11-20-15-9-5-3-6-12(15)10-17/h2-10H,11H2,1H3. The minimum absolute atomic E-state index is 0.191. The maximum absolute atomic E-state index is 11.6. The predicted molar refractivity (Wildman–Crippen MR) is 73.9 cm³/mol. The Balaban J connectivity index is 2.19. The lowest BCUT2D eigenvalue weighted by molar-refractivity contribution is 0.0597. The number of ether oxygens (including phenoxy) is 2. The highest BCUT2D eigenvalue weighted by molar-refractivity contribution is 5.90. The summed E-state index contributed by atoms with van der Waals surface area (Å²) in [5.41, 5.74) is 1.64. The maximum atomic E-state index is 11.6. The third kappa shape index (κ3) is 3.03. The van der Waals surface area contributed by atoms with Crippen molar-refractivity contribution in [3.05, 3.63) is 65.2 Å². The second kappa shape index (κ2) is 6.52. The van der Waals surface area contributed by atoms with Crippen molar-refractivity contribution in [2.75, 3.05) is 7.11 Å². The SMILES string of the molecule is COC(=O)c1ccccc1COc1ccccc1C=O. The molecule has 2 aromatic carbocycles. The van der Waals surface area contributed by atoms with Crippen LogP contribution in [0.4, 0.5) is 0 Å². The van der Waals surface area contributed by atoms with E-state index in [1.165, 1.54) is 7.11 Å². The van der Waals surface area contributed by atoms with Gasteiger partial charge < -0.3 is 9.47 Å². The summed E-state index contributed by atoms with van der Waals surface area (Å²) in [6.45, 7) is 0.191. The van der Waals surface area contributed by atoms with Crippen molar-refractivity contribution in [2.45, 2.75) is 6.61 Å². The minimum Gasteiger partial charge on any atom is -0.488 e. The monoisotopic (exact) mass is 270 g/mol. The number of hydrogen-bond donors (Lipinski definition) is 0. The van der Waals surface area contributed by atoms with Gasteiger partial charge in [-0.1, -0.05) is 30.3 Å². The van der Waals surface area contributed by atoms with Crippen LogP contribution < -0.4 is 4.74 Å². The van der Waals surface area contributed by atoms with Crippen LogP contribution in [0.2, 0.25) is 0 Å². The highest BCUT2D eigenvalue weighted by atomic mass is 16.5. The number of benzene rings is 2. The van der Waals surface area contributed by atoms with Gasteiger partial charge in [0.15, 0.2) is 6.29 Å². The summed E-state index contributed by atoms with van der Waals surface area (Å²) in [4.78, 5) is 22.5. The van der Waals surface area contributed by atoms with Gasteiger partial charge in [0.1, 0.15) is 12.4 Å². The van der Waals surface area contributed by atoms with Crippen molar-refractivity contribution in [3.63, 3.8) is 0 Å². The quantitative estimate of drug-likeness (QED) is 0.619. The molecule has 4 heteroatoms. The molecule has 0 bridgehead atoms. The normalized spacial score (nSPS) is 9.85. The van der Waals surface area contributed by atoms with Crippen molar-refractivity contribution in [3.8, 4) is 5.75 Å². The van der Waals surface area contributed by atoms with E-state index in [0.29, 0.717) is 22.4 Å². The number of rotatable bonds is 5. The highest BCUT2D eigenvalue weighted by Gasteiger charge is 2.11. The van der Waals surface area contributed by atoms with E-state index in [4.69, 9.17) is 9.47 Å². The van der Waals surface area contributed by atoms with Crippen LogP contribution in [-0.2, 0) is 11.3 Å². The first kappa shape index (κ1) is 13.8. The van der Waals surface area contributed by atoms with E-state index in [-0.39, 0.29) is 6.61 Å². The van der Waals surface area contributed by atoms with Crippen molar-refractivity contribution in [1.29, 1.82) is 0 Å². The Kier molecular flexibility index (Phi) is 4.50. The molecule has 102 valence electrons. The molecule has 0 fully saturated rings. The van der Waals surface area contributed by atoms with E-state index in [1.54, 1.807) is 42.5 Å². The van der Waals surface area contributed by atoms with E-state index in [2.05, 4.69) is 0 Å². The van der Waals surface area contributed by atoms with Crippen LogP contribution in [0, 0.1) is 0 Å². The topological polar surface area (TPSA) is 52.6 Å². The van der Waals surface area contributed by atoms with E-state index < -0.39 is 5.97 Å². The molecule has 0 unspecified atom stereocenters. The first-order valence-corrected chi connectivity index (χ1v) is 6.09. The molecule has 0 heterocycles. The zero-order chi connectivity index (χ0) is 14.4. The predicted octanol–water partition coefficient (Wildman–Crippen LogP) is 2.86. The molecule has 0 saturated heterocycles. The smallest absolute Gasteiger partial charge is 0.338 e. The first-order chi connectivity index (χ1) is 9.76. The van der Waals surface area contributed by atoms with Gasteiger partial charge in [-0.05, 0) is 18.2 Å². The molecule has 20 heavy (non-hydrogen) atoms. The molecule has 0 radical (unpaired) electrons. The molecule has 4 nitrogen and oxygen atoms in total. The summed E-state index contributed by atoms with van der Waals surface area (Å²) >= 11 is 0. The lowest BCUT2D eigenvalue weighted by Crippen LogP contribution is -2.08. The summed E-state index contributed by atoms with van der Waals surface area (Å²) < 4.78 is 10.3. The summed E-state index contributed by atoms with van der Waals surface area (Å²) in [5.74, 6) is 0.0787. The molecule has 0 aliphatic carbocycles. The molecule has 0 aliphatic rings. The number of carbonyl (C=O) groups excluding carboxylic acids is 2. The third-order valence-corrected chi connectivity index (χ3v) is 2.85. The summed E-state index contributed by atoms with van der Waals surface area (Å²) in [6, 6.07) is 14.0. The molecule has 2 aromatic rings. The number of methoxy groups -OCH3 is 1. The Morgan fingerprint density at radius 3 is 2.55 bits per heavy atom. The van der Waals surface area contributed by atoms with Crippen LogP contribution in [0.15, 0.2) is 48.5 Å². The molecular weight excluding hydrogens is 256 g/mol. The molecule has 2 rings (SSSR count). The van der Waals surface area contributed by atoms with E-state index >= 15 is 0 Å². The lowest BCUT2D eigenvalue weighted by Gasteiger charge is -2.11. The van der Waals surface area contributed by atoms with Gasteiger partial charge in [-0.2, -0.15) is 0 Å².